The molecule has 4 nitrogen and oxygen atoms in total. The first-order valence-corrected chi connectivity index (χ1v) is 5.88. The van der Waals surface area contributed by atoms with Crippen molar-refractivity contribution < 1.29 is 13.0 Å². The zero-order valence-corrected chi connectivity index (χ0v) is 9.97. The Labute approximate surface area is 99.5 Å². The molecule has 0 spiro atoms. The van der Waals surface area contributed by atoms with Gasteiger partial charge in [0, 0.05) is 0 Å². The van der Waals surface area contributed by atoms with E-state index in [-0.39, 0.29) is 10.3 Å². The number of halogens is 4. The molecule has 0 amide bonds. The van der Waals surface area contributed by atoms with Crippen LogP contribution in [-0.4, -0.2) is 18.0 Å². The minimum Gasteiger partial charge on any atom is -0.282 e. The van der Waals surface area contributed by atoms with E-state index in [1.807, 2.05) is 0 Å². The number of rotatable bonds is 1. The Bertz CT molecular complexity index is 460. The lowest BCUT2D eigenvalue weighted by Gasteiger charge is -2.05. The number of pyridine rings is 1. The molecule has 14 heavy (non-hydrogen) atoms. The SMILES string of the molecule is O=S(=O)(O)c1c(Cl)c(Cl)nc(Cl)c1Cl. The first-order chi connectivity index (χ1) is 6.25. The number of nitrogens with zero attached hydrogens (tertiary/aromatic N) is 1. The van der Waals surface area contributed by atoms with Crippen molar-refractivity contribution in [2.24, 2.45) is 0 Å². The first kappa shape index (κ1) is 12.3. The summed E-state index contributed by atoms with van der Waals surface area (Å²) in [7, 11) is -4.58. The van der Waals surface area contributed by atoms with Crippen molar-refractivity contribution in [1.82, 2.24) is 4.98 Å². The molecule has 0 aromatic carbocycles. The summed E-state index contributed by atoms with van der Waals surface area (Å²) < 4.78 is 30.4. The normalized spacial score (nSPS) is 11.8. The van der Waals surface area contributed by atoms with Gasteiger partial charge in [0.05, 0.1) is 0 Å². The molecule has 0 saturated heterocycles. The van der Waals surface area contributed by atoms with Gasteiger partial charge in [-0.1, -0.05) is 46.4 Å². The number of hydrogen-bond acceptors (Lipinski definition) is 3. The van der Waals surface area contributed by atoms with E-state index in [1.165, 1.54) is 0 Å². The predicted octanol–water partition coefficient (Wildman–Crippen LogP) is 2.94. The molecule has 1 heterocycles. The van der Waals surface area contributed by atoms with Gasteiger partial charge in [-0.2, -0.15) is 8.42 Å². The summed E-state index contributed by atoms with van der Waals surface area (Å²) in [5.74, 6) is 0. The number of aromatic nitrogens is 1. The minimum absolute atomic E-state index is 0.353. The second kappa shape index (κ2) is 4.00. The van der Waals surface area contributed by atoms with Crippen molar-refractivity contribution in [2.45, 2.75) is 4.90 Å². The van der Waals surface area contributed by atoms with E-state index < -0.39 is 25.1 Å². The Morgan fingerprint density at radius 2 is 1.36 bits per heavy atom. The zero-order valence-electron chi connectivity index (χ0n) is 6.13. The maximum atomic E-state index is 10.8. The Balaban J connectivity index is 3.74. The van der Waals surface area contributed by atoms with Crippen molar-refractivity contribution in [3.05, 3.63) is 20.4 Å². The fraction of sp³-hybridized carbons (Fsp3) is 0. The van der Waals surface area contributed by atoms with Crippen LogP contribution >= 0.6 is 46.4 Å². The number of hydrogen-bond donors (Lipinski definition) is 1. The Morgan fingerprint density at radius 3 is 1.64 bits per heavy atom. The quantitative estimate of drug-likeness (QED) is 0.639. The third-order valence-corrected chi connectivity index (χ3v) is 3.84. The molecule has 9 heteroatoms. The Hall–Kier alpha value is 0.220. The van der Waals surface area contributed by atoms with Gasteiger partial charge in [0.15, 0.2) is 10.3 Å². The smallest absolute Gasteiger partial charge is 0.282 e. The Kier molecular flexibility index (Phi) is 3.51. The molecule has 78 valence electrons. The van der Waals surface area contributed by atoms with Crippen molar-refractivity contribution in [1.29, 1.82) is 0 Å². The van der Waals surface area contributed by atoms with Crippen molar-refractivity contribution >= 4 is 56.5 Å². The monoisotopic (exact) mass is 295 g/mol. The lowest BCUT2D eigenvalue weighted by atomic mass is 10.5. The van der Waals surface area contributed by atoms with Gasteiger partial charge in [0.1, 0.15) is 14.9 Å². The van der Waals surface area contributed by atoms with E-state index in [1.54, 1.807) is 0 Å². The molecule has 1 aromatic heterocycles. The van der Waals surface area contributed by atoms with E-state index >= 15 is 0 Å². The molecule has 0 radical (unpaired) electrons. The van der Waals surface area contributed by atoms with Crippen LogP contribution in [0, 0.1) is 0 Å². The van der Waals surface area contributed by atoms with Gasteiger partial charge < -0.3 is 0 Å². The van der Waals surface area contributed by atoms with Crippen molar-refractivity contribution in [3.63, 3.8) is 0 Å². The lowest BCUT2D eigenvalue weighted by Crippen LogP contribution is -2.02. The summed E-state index contributed by atoms with van der Waals surface area (Å²) in [5, 5.41) is -1.64. The zero-order chi connectivity index (χ0) is 11.1. The highest BCUT2D eigenvalue weighted by atomic mass is 35.5. The molecule has 0 atom stereocenters. The highest BCUT2D eigenvalue weighted by molar-refractivity contribution is 7.86. The summed E-state index contributed by atoms with van der Waals surface area (Å²) in [6.45, 7) is 0. The molecule has 0 saturated carbocycles. The first-order valence-electron chi connectivity index (χ1n) is 2.92. The molecule has 1 aromatic rings. The van der Waals surface area contributed by atoms with E-state index in [9.17, 15) is 8.42 Å². The van der Waals surface area contributed by atoms with Crippen LogP contribution in [0.5, 0.6) is 0 Å². The molecular formula is C5HCl4NO3S. The van der Waals surface area contributed by atoms with Crippen LogP contribution in [0.1, 0.15) is 0 Å². The van der Waals surface area contributed by atoms with Crippen LogP contribution in [-0.2, 0) is 10.1 Å². The topological polar surface area (TPSA) is 67.3 Å². The summed E-state index contributed by atoms with van der Waals surface area (Å²) in [5.41, 5.74) is 0. The molecular weight excluding hydrogens is 296 g/mol. The fourth-order valence-electron chi connectivity index (χ4n) is 0.695. The molecule has 0 unspecified atom stereocenters. The highest BCUT2D eigenvalue weighted by Crippen LogP contribution is 2.37. The van der Waals surface area contributed by atoms with Crippen LogP contribution in [0.25, 0.3) is 0 Å². The average Bonchev–Trinajstić information content (AvgIpc) is 1.98. The lowest BCUT2D eigenvalue weighted by molar-refractivity contribution is 0.483. The van der Waals surface area contributed by atoms with Gasteiger partial charge in [0.2, 0.25) is 0 Å². The molecule has 0 fully saturated rings. The average molecular weight is 297 g/mol. The van der Waals surface area contributed by atoms with Crippen LogP contribution < -0.4 is 0 Å². The summed E-state index contributed by atoms with van der Waals surface area (Å²) in [6.07, 6.45) is 0. The second-order valence-electron chi connectivity index (χ2n) is 2.13. The van der Waals surface area contributed by atoms with E-state index in [0.717, 1.165) is 0 Å². The van der Waals surface area contributed by atoms with E-state index in [0.29, 0.717) is 0 Å². The summed E-state index contributed by atoms with van der Waals surface area (Å²) in [6, 6.07) is 0. The highest BCUT2D eigenvalue weighted by Gasteiger charge is 2.24. The van der Waals surface area contributed by atoms with Crippen LogP contribution in [0.4, 0.5) is 0 Å². The second-order valence-corrected chi connectivity index (χ2v) is 4.96. The molecule has 0 aliphatic rings. The standard InChI is InChI=1S/C5HCl4NO3S/c6-1-3(14(11,12)13)2(7)5(9)10-4(1)8/h(H,11,12,13). The molecule has 1 rings (SSSR count). The van der Waals surface area contributed by atoms with Gasteiger partial charge in [0.25, 0.3) is 10.1 Å². The molecule has 0 bridgehead atoms. The summed E-state index contributed by atoms with van der Waals surface area (Å²) >= 11 is 21.8. The predicted molar refractivity (Wildman–Crippen MR) is 54.1 cm³/mol. The van der Waals surface area contributed by atoms with Gasteiger partial charge in [-0.15, -0.1) is 0 Å². The largest absolute Gasteiger partial charge is 0.297 e. The van der Waals surface area contributed by atoms with Crippen LogP contribution in [0.3, 0.4) is 0 Å². The van der Waals surface area contributed by atoms with Gasteiger partial charge >= 0.3 is 0 Å². The molecule has 0 aliphatic carbocycles. The van der Waals surface area contributed by atoms with Crippen molar-refractivity contribution in [3.8, 4) is 0 Å². The van der Waals surface area contributed by atoms with Gasteiger partial charge in [-0.25, -0.2) is 4.98 Å². The molecule has 1 N–H and O–H groups in total. The van der Waals surface area contributed by atoms with Crippen LogP contribution in [0.15, 0.2) is 4.90 Å². The van der Waals surface area contributed by atoms with Gasteiger partial charge in [-0.3, -0.25) is 4.55 Å². The van der Waals surface area contributed by atoms with E-state index in [4.69, 9.17) is 51.0 Å². The summed E-state index contributed by atoms with van der Waals surface area (Å²) in [4.78, 5) is 2.69. The van der Waals surface area contributed by atoms with Crippen molar-refractivity contribution in [2.75, 3.05) is 0 Å². The van der Waals surface area contributed by atoms with E-state index in [2.05, 4.69) is 4.98 Å². The third-order valence-electron chi connectivity index (χ3n) is 1.22. The Morgan fingerprint density at radius 1 is 1.00 bits per heavy atom. The fourth-order valence-corrected chi connectivity index (χ4v) is 2.76. The van der Waals surface area contributed by atoms with Crippen LogP contribution in [0.2, 0.25) is 20.4 Å². The third kappa shape index (κ3) is 2.24. The maximum Gasteiger partial charge on any atom is 0.297 e. The molecule has 0 aliphatic heterocycles. The maximum absolute atomic E-state index is 10.8. The van der Waals surface area contributed by atoms with Gasteiger partial charge in [-0.05, 0) is 0 Å². The minimum atomic E-state index is -4.58.